The van der Waals surface area contributed by atoms with E-state index in [0.29, 0.717) is 6.54 Å². The van der Waals surface area contributed by atoms with Crippen LogP contribution >= 0.6 is 11.3 Å². The topological polar surface area (TPSA) is 82.5 Å². The zero-order valence-corrected chi connectivity index (χ0v) is 15.6. The number of aliphatic carboxylic acids is 1. The Morgan fingerprint density at radius 2 is 2.12 bits per heavy atom. The Labute approximate surface area is 146 Å². The number of hydrogen-bond acceptors (Lipinski definition) is 5. The zero-order chi connectivity index (χ0) is 17.9. The number of rotatable bonds is 4. The van der Waals surface area contributed by atoms with Crippen molar-refractivity contribution in [1.82, 2.24) is 9.88 Å². The molecule has 1 saturated heterocycles. The standard InChI is InChI=1S/C17H25N3O3S/c1-16(2,3)13(19-10-6-18-8-24-10)14(21)20-7-9-11(17(9,4)5)12(20)15(22)23/h6,8-9,11-13,19H,7H2,1-5H3,(H,22,23)/t9-,11-,12-,13?/m0/s1. The van der Waals surface area contributed by atoms with Gasteiger partial charge in [0.1, 0.15) is 17.1 Å². The van der Waals surface area contributed by atoms with Gasteiger partial charge in [0.05, 0.1) is 11.7 Å². The van der Waals surface area contributed by atoms with Crippen LogP contribution < -0.4 is 5.32 Å². The Hall–Kier alpha value is -1.63. The molecule has 2 aliphatic rings. The minimum absolute atomic E-state index is 0.0160. The molecule has 1 aliphatic carbocycles. The van der Waals surface area contributed by atoms with Gasteiger partial charge in [0.2, 0.25) is 5.91 Å². The third-order valence-electron chi connectivity index (χ3n) is 5.58. The quantitative estimate of drug-likeness (QED) is 0.871. The number of aromatic nitrogens is 1. The molecule has 1 unspecified atom stereocenters. The van der Waals surface area contributed by atoms with Gasteiger partial charge in [-0.05, 0) is 16.7 Å². The molecule has 0 radical (unpaired) electrons. The summed E-state index contributed by atoms with van der Waals surface area (Å²) in [5, 5.41) is 13.8. The van der Waals surface area contributed by atoms with Crippen molar-refractivity contribution in [3.8, 4) is 0 Å². The molecule has 24 heavy (non-hydrogen) atoms. The summed E-state index contributed by atoms with van der Waals surface area (Å²) in [6.45, 7) is 10.7. The largest absolute Gasteiger partial charge is 0.480 e. The number of anilines is 1. The Bertz CT molecular complexity index is 651. The van der Waals surface area contributed by atoms with Crippen molar-refractivity contribution in [2.45, 2.75) is 46.7 Å². The fraction of sp³-hybridized carbons (Fsp3) is 0.706. The van der Waals surface area contributed by atoms with Gasteiger partial charge in [-0.15, -0.1) is 11.3 Å². The predicted octanol–water partition coefficient (Wildman–Crippen LogP) is 2.54. The van der Waals surface area contributed by atoms with Gasteiger partial charge in [-0.3, -0.25) is 9.78 Å². The van der Waals surface area contributed by atoms with Gasteiger partial charge >= 0.3 is 5.97 Å². The van der Waals surface area contributed by atoms with E-state index in [0.717, 1.165) is 5.00 Å². The van der Waals surface area contributed by atoms with E-state index in [4.69, 9.17) is 0 Å². The Kier molecular flexibility index (Phi) is 3.90. The Morgan fingerprint density at radius 3 is 2.62 bits per heavy atom. The number of hydrogen-bond donors (Lipinski definition) is 2. The number of carboxylic acids is 1. The van der Waals surface area contributed by atoms with E-state index in [-0.39, 0.29) is 28.6 Å². The number of fused-ring (bicyclic) bond motifs is 1. The van der Waals surface area contributed by atoms with E-state index in [1.165, 1.54) is 11.3 Å². The molecule has 1 amide bonds. The number of amides is 1. The molecule has 132 valence electrons. The van der Waals surface area contributed by atoms with Crippen LogP contribution in [-0.4, -0.2) is 45.5 Å². The van der Waals surface area contributed by atoms with E-state index in [1.54, 1.807) is 16.6 Å². The summed E-state index contributed by atoms with van der Waals surface area (Å²) < 4.78 is 0. The Morgan fingerprint density at radius 1 is 1.46 bits per heavy atom. The summed E-state index contributed by atoms with van der Waals surface area (Å²) >= 11 is 1.43. The smallest absolute Gasteiger partial charge is 0.326 e. The maximum atomic E-state index is 13.2. The molecule has 3 rings (SSSR count). The van der Waals surface area contributed by atoms with Crippen LogP contribution in [0.2, 0.25) is 0 Å². The van der Waals surface area contributed by atoms with Gasteiger partial charge < -0.3 is 15.3 Å². The molecular formula is C17H25N3O3S. The first-order chi connectivity index (χ1) is 11.0. The molecule has 6 nitrogen and oxygen atoms in total. The number of carbonyl (C=O) groups excluding carboxylic acids is 1. The fourth-order valence-corrected chi connectivity index (χ4v) is 4.58. The average Bonchev–Trinajstić information content (AvgIpc) is 2.94. The lowest BCUT2D eigenvalue weighted by atomic mass is 9.85. The van der Waals surface area contributed by atoms with Crippen LogP contribution in [0, 0.1) is 22.7 Å². The normalized spacial score (nSPS) is 29.0. The monoisotopic (exact) mass is 351 g/mol. The molecule has 2 fully saturated rings. The van der Waals surface area contributed by atoms with Crippen molar-refractivity contribution in [2.75, 3.05) is 11.9 Å². The molecule has 1 aromatic rings. The lowest BCUT2D eigenvalue weighted by molar-refractivity contribution is -0.151. The molecule has 1 saturated carbocycles. The van der Waals surface area contributed by atoms with E-state index in [2.05, 4.69) is 24.1 Å². The second-order valence-electron chi connectivity index (χ2n) is 8.54. The lowest BCUT2D eigenvalue weighted by Gasteiger charge is -2.37. The number of nitrogens with one attached hydrogen (secondary N) is 1. The van der Waals surface area contributed by atoms with Crippen molar-refractivity contribution >= 4 is 28.2 Å². The van der Waals surface area contributed by atoms with Crippen LogP contribution in [0.5, 0.6) is 0 Å². The van der Waals surface area contributed by atoms with Gasteiger partial charge in [-0.2, -0.15) is 0 Å². The highest BCUT2D eigenvalue weighted by Gasteiger charge is 2.70. The first kappa shape index (κ1) is 17.2. The third-order valence-corrected chi connectivity index (χ3v) is 6.28. The molecule has 7 heteroatoms. The maximum absolute atomic E-state index is 13.2. The van der Waals surface area contributed by atoms with Crippen molar-refractivity contribution in [3.63, 3.8) is 0 Å². The third kappa shape index (κ3) is 2.68. The average molecular weight is 351 g/mol. The van der Waals surface area contributed by atoms with E-state index in [1.807, 2.05) is 20.8 Å². The summed E-state index contributed by atoms with van der Waals surface area (Å²) in [5.74, 6) is -0.687. The SMILES string of the molecule is CC(C)(C)C(Nc1cncs1)C(=O)N1C[C@H]2[C@@H]([C@H]1C(=O)O)C2(C)C. The summed E-state index contributed by atoms with van der Waals surface area (Å²) in [6.07, 6.45) is 1.69. The highest BCUT2D eigenvalue weighted by Crippen LogP contribution is 2.65. The van der Waals surface area contributed by atoms with Gasteiger partial charge in [-0.1, -0.05) is 34.6 Å². The van der Waals surface area contributed by atoms with E-state index < -0.39 is 18.1 Å². The number of thiazole rings is 1. The van der Waals surface area contributed by atoms with Gasteiger partial charge in [0.25, 0.3) is 0 Å². The zero-order valence-electron chi connectivity index (χ0n) is 14.7. The summed E-state index contributed by atoms with van der Waals surface area (Å²) in [7, 11) is 0. The molecule has 2 heterocycles. The van der Waals surface area contributed by atoms with E-state index >= 15 is 0 Å². The lowest BCUT2D eigenvalue weighted by Crippen LogP contribution is -2.54. The van der Waals surface area contributed by atoms with Gasteiger partial charge in [-0.25, -0.2) is 4.79 Å². The van der Waals surface area contributed by atoms with Crippen molar-refractivity contribution in [3.05, 3.63) is 11.7 Å². The van der Waals surface area contributed by atoms with Crippen LogP contribution in [0.4, 0.5) is 5.00 Å². The second-order valence-corrected chi connectivity index (χ2v) is 9.42. The molecule has 0 bridgehead atoms. The predicted molar refractivity (Wildman–Crippen MR) is 92.9 cm³/mol. The first-order valence-electron chi connectivity index (χ1n) is 8.23. The highest BCUT2D eigenvalue weighted by molar-refractivity contribution is 7.13. The van der Waals surface area contributed by atoms with Crippen LogP contribution in [-0.2, 0) is 9.59 Å². The fourth-order valence-electron chi connectivity index (χ4n) is 4.04. The molecule has 2 N–H and O–H groups in total. The number of likely N-dealkylation sites (tertiary alicyclic amines) is 1. The van der Waals surface area contributed by atoms with Crippen LogP contribution in [0.3, 0.4) is 0 Å². The molecule has 1 aliphatic heterocycles. The molecule has 4 atom stereocenters. The maximum Gasteiger partial charge on any atom is 0.326 e. The van der Waals surface area contributed by atoms with Crippen LogP contribution in [0.15, 0.2) is 11.7 Å². The Balaban J connectivity index is 1.84. The summed E-state index contributed by atoms with van der Waals surface area (Å²) in [6, 6.07) is -1.20. The number of piperidine rings is 1. The number of nitrogens with zero attached hydrogens (tertiary/aromatic N) is 2. The highest BCUT2D eigenvalue weighted by atomic mass is 32.1. The minimum Gasteiger partial charge on any atom is -0.480 e. The van der Waals surface area contributed by atoms with Crippen molar-refractivity contribution < 1.29 is 14.7 Å². The van der Waals surface area contributed by atoms with Crippen molar-refractivity contribution in [2.24, 2.45) is 22.7 Å². The van der Waals surface area contributed by atoms with Gasteiger partial charge in [0, 0.05) is 12.5 Å². The van der Waals surface area contributed by atoms with Crippen LogP contribution in [0.1, 0.15) is 34.6 Å². The molecular weight excluding hydrogens is 326 g/mol. The van der Waals surface area contributed by atoms with E-state index in [9.17, 15) is 14.7 Å². The summed E-state index contributed by atoms with van der Waals surface area (Å²) in [5.41, 5.74) is 1.38. The molecule has 0 spiro atoms. The van der Waals surface area contributed by atoms with Crippen molar-refractivity contribution in [1.29, 1.82) is 0 Å². The summed E-state index contributed by atoms with van der Waals surface area (Å²) in [4.78, 5) is 30.6. The van der Waals surface area contributed by atoms with Crippen LogP contribution in [0.25, 0.3) is 0 Å². The first-order valence-corrected chi connectivity index (χ1v) is 9.11. The number of carboxylic acid groups (broad SMARTS) is 1. The number of carbonyl (C=O) groups is 2. The van der Waals surface area contributed by atoms with Gasteiger partial charge in [0.15, 0.2) is 0 Å². The molecule has 1 aromatic heterocycles. The molecule has 0 aromatic carbocycles. The minimum atomic E-state index is -0.896. The second kappa shape index (κ2) is 5.44.